The molecule has 2 N–H and O–H groups in total. The fourth-order valence-corrected chi connectivity index (χ4v) is 5.91. The van der Waals surface area contributed by atoms with Gasteiger partial charge < -0.3 is 19.8 Å². The van der Waals surface area contributed by atoms with Gasteiger partial charge >= 0.3 is 5.97 Å². The van der Waals surface area contributed by atoms with Crippen molar-refractivity contribution in [3.63, 3.8) is 0 Å². The van der Waals surface area contributed by atoms with Gasteiger partial charge in [-0.3, -0.25) is 14.8 Å². The highest BCUT2D eigenvalue weighted by Gasteiger charge is 2.31. The lowest BCUT2D eigenvalue weighted by atomic mass is 9.79. The number of fused-ring (bicyclic) bond motifs is 1. The number of rotatable bonds is 11. The van der Waals surface area contributed by atoms with E-state index in [1.807, 2.05) is 36.4 Å². The van der Waals surface area contributed by atoms with Crippen LogP contribution in [-0.2, 0) is 4.79 Å². The summed E-state index contributed by atoms with van der Waals surface area (Å²) in [6.07, 6.45) is 7.21. The molecule has 1 aliphatic heterocycles. The highest BCUT2D eigenvalue weighted by Crippen LogP contribution is 2.35. The molecule has 186 valence electrons. The Morgan fingerprint density at radius 1 is 1.20 bits per heavy atom. The van der Waals surface area contributed by atoms with Gasteiger partial charge in [0.25, 0.3) is 0 Å². The minimum absolute atomic E-state index is 0.0913. The zero-order chi connectivity index (χ0) is 24.6. The second-order valence-corrected chi connectivity index (χ2v) is 10.3. The second-order valence-electron chi connectivity index (χ2n) is 9.12. The number of carbonyl (C=O) groups is 1. The molecule has 0 bridgehead atoms. The molecule has 0 aliphatic carbocycles. The average Bonchev–Trinajstić information content (AvgIpc) is 2.87. The fourth-order valence-electron chi connectivity index (χ4n) is 5.01. The van der Waals surface area contributed by atoms with Crippen LogP contribution < -0.4 is 4.74 Å². The highest BCUT2D eigenvalue weighted by atomic mass is 32.2. The van der Waals surface area contributed by atoms with Crippen LogP contribution in [0.5, 0.6) is 5.75 Å². The molecule has 0 saturated carbocycles. The molecule has 0 radical (unpaired) electrons. The van der Waals surface area contributed by atoms with Crippen LogP contribution in [0.1, 0.15) is 37.4 Å². The first-order chi connectivity index (χ1) is 17.0. The number of methoxy groups -OCH3 is 1. The highest BCUT2D eigenvalue weighted by molar-refractivity contribution is 7.99. The summed E-state index contributed by atoms with van der Waals surface area (Å²) in [6.45, 7) is 2.69. The van der Waals surface area contributed by atoms with Gasteiger partial charge in [-0.15, -0.1) is 11.8 Å². The maximum Gasteiger partial charge on any atom is 0.303 e. The number of aromatic nitrogens is 2. The van der Waals surface area contributed by atoms with E-state index in [4.69, 9.17) is 4.74 Å². The lowest BCUT2D eigenvalue weighted by Crippen LogP contribution is -2.42. The Balaban J connectivity index is 1.35. The minimum atomic E-state index is -0.749. The van der Waals surface area contributed by atoms with Crippen molar-refractivity contribution in [2.24, 2.45) is 11.8 Å². The predicted octanol–water partition coefficient (Wildman–Crippen LogP) is 4.66. The van der Waals surface area contributed by atoms with Gasteiger partial charge in [-0.25, -0.2) is 0 Å². The Bertz CT molecular complexity index is 1110. The van der Waals surface area contributed by atoms with Crippen LogP contribution >= 0.6 is 11.8 Å². The number of aliphatic carboxylic acids is 1. The number of carboxylic acid groups (broad SMARTS) is 1. The summed E-state index contributed by atoms with van der Waals surface area (Å²) in [5, 5.41) is 21.5. The lowest BCUT2D eigenvalue weighted by Gasteiger charge is -2.38. The topological polar surface area (TPSA) is 95.8 Å². The molecule has 3 atom stereocenters. The summed E-state index contributed by atoms with van der Waals surface area (Å²) in [4.78, 5) is 23.6. The lowest BCUT2D eigenvalue weighted by molar-refractivity contribution is -0.139. The van der Waals surface area contributed by atoms with E-state index in [9.17, 15) is 15.0 Å². The summed E-state index contributed by atoms with van der Waals surface area (Å²) in [5.41, 5.74) is 1.67. The molecule has 1 saturated heterocycles. The Morgan fingerprint density at radius 2 is 2.03 bits per heavy atom. The van der Waals surface area contributed by atoms with Crippen molar-refractivity contribution in [1.82, 2.24) is 14.9 Å². The Kier molecular flexibility index (Phi) is 8.95. The number of piperidine rings is 1. The molecule has 2 aromatic heterocycles. The van der Waals surface area contributed by atoms with E-state index in [1.54, 1.807) is 37.5 Å². The molecule has 1 aliphatic rings. The van der Waals surface area contributed by atoms with E-state index in [2.05, 4.69) is 14.9 Å². The fraction of sp³-hybridized carbons (Fsp3) is 0.444. The van der Waals surface area contributed by atoms with Crippen molar-refractivity contribution in [1.29, 1.82) is 0 Å². The number of thioether (sulfide) groups is 1. The molecule has 0 amide bonds. The number of hydrogen-bond acceptors (Lipinski definition) is 7. The maximum atomic E-state index is 11.6. The molecular weight excluding hydrogens is 462 g/mol. The third kappa shape index (κ3) is 6.93. The van der Waals surface area contributed by atoms with Crippen molar-refractivity contribution in [3.8, 4) is 5.75 Å². The van der Waals surface area contributed by atoms with Crippen LogP contribution in [0.3, 0.4) is 0 Å². The summed E-state index contributed by atoms with van der Waals surface area (Å²) in [5.74, 6) is 1.32. The molecule has 1 aromatic carbocycles. The van der Waals surface area contributed by atoms with E-state index >= 15 is 0 Å². The van der Waals surface area contributed by atoms with E-state index in [-0.39, 0.29) is 18.3 Å². The molecular formula is C27H33N3O4S. The third-order valence-electron chi connectivity index (χ3n) is 6.89. The molecule has 1 fully saturated rings. The molecule has 8 heteroatoms. The normalized spacial score (nSPS) is 19.5. The van der Waals surface area contributed by atoms with Crippen molar-refractivity contribution in [2.75, 3.05) is 32.5 Å². The average molecular weight is 496 g/mol. The monoisotopic (exact) mass is 495 g/mol. The van der Waals surface area contributed by atoms with Gasteiger partial charge in [0.2, 0.25) is 0 Å². The standard InChI is InChI=1S/C27H33N3O4S/c1-34-21-3-4-25-24(17-21)23(8-12-29-25)26(31)5-2-19-9-13-30(18-20(19)16-27(32)33)14-15-35-22-6-10-28-11-7-22/h3-4,6-8,10-12,17,19-20,26,31H,2,5,9,13-16,18H2,1H3,(H,32,33)/t19-,20+,26-/m1/s1. The summed E-state index contributed by atoms with van der Waals surface area (Å²) in [7, 11) is 1.63. The van der Waals surface area contributed by atoms with Crippen LogP contribution in [0.4, 0.5) is 0 Å². The Morgan fingerprint density at radius 3 is 2.80 bits per heavy atom. The number of nitrogens with zero attached hydrogens (tertiary/aromatic N) is 3. The first kappa shape index (κ1) is 25.4. The third-order valence-corrected chi connectivity index (χ3v) is 7.88. The zero-order valence-corrected chi connectivity index (χ0v) is 20.9. The summed E-state index contributed by atoms with van der Waals surface area (Å²) in [6, 6.07) is 11.6. The van der Waals surface area contributed by atoms with Gasteiger partial charge in [0.1, 0.15) is 5.75 Å². The largest absolute Gasteiger partial charge is 0.497 e. The molecule has 0 unspecified atom stereocenters. The molecule has 35 heavy (non-hydrogen) atoms. The van der Waals surface area contributed by atoms with Crippen molar-refractivity contribution >= 4 is 28.6 Å². The molecule has 3 aromatic rings. The van der Waals surface area contributed by atoms with Crippen molar-refractivity contribution in [2.45, 2.75) is 36.7 Å². The number of aliphatic hydroxyl groups excluding tert-OH is 1. The Labute approximate surface area is 210 Å². The summed E-state index contributed by atoms with van der Waals surface area (Å²) < 4.78 is 5.35. The smallest absolute Gasteiger partial charge is 0.303 e. The van der Waals surface area contributed by atoms with Gasteiger partial charge in [-0.2, -0.15) is 0 Å². The predicted molar refractivity (Wildman–Crippen MR) is 138 cm³/mol. The minimum Gasteiger partial charge on any atom is -0.497 e. The van der Waals surface area contributed by atoms with Crippen LogP contribution in [-0.4, -0.2) is 63.5 Å². The van der Waals surface area contributed by atoms with Crippen LogP contribution in [0.2, 0.25) is 0 Å². The molecule has 0 spiro atoms. The van der Waals surface area contributed by atoms with Crippen LogP contribution in [0.25, 0.3) is 10.9 Å². The number of ether oxygens (including phenoxy) is 1. The zero-order valence-electron chi connectivity index (χ0n) is 20.0. The first-order valence-electron chi connectivity index (χ1n) is 12.1. The van der Waals surface area contributed by atoms with Crippen molar-refractivity contribution in [3.05, 3.63) is 60.6 Å². The molecule has 3 heterocycles. The van der Waals surface area contributed by atoms with E-state index in [1.165, 1.54) is 4.90 Å². The van der Waals surface area contributed by atoms with E-state index in [0.29, 0.717) is 6.42 Å². The quantitative estimate of drug-likeness (QED) is 0.371. The second kappa shape index (κ2) is 12.3. The number of pyridine rings is 2. The number of likely N-dealkylation sites (tertiary alicyclic amines) is 1. The number of benzene rings is 1. The summed E-state index contributed by atoms with van der Waals surface area (Å²) >= 11 is 1.80. The van der Waals surface area contributed by atoms with E-state index in [0.717, 1.165) is 60.4 Å². The number of hydrogen-bond donors (Lipinski definition) is 2. The van der Waals surface area contributed by atoms with Gasteiger partial charge in [0.05, 0.1) is 18.7 Å². The van der Waals surface area contributed by atoms with Crippen LogP contribution in [0.15, 0.2) is 59.9 Å². The maximum absolute atomic E-state index is 11.6. The molecule has 4 rings (SSSR count). The van der Waals surface area contributed by atoms with Crippen LogP contribution in [0, 0.1) is 11.8 Å². The van der Waals surface area contributed by atoms with E-state index < -0.39 is 12.1 Å². The first-order valence-corrected chi connectivity index (χ1v) is 13.1. The SMILES string of the molecule is COc1ccc2nccc([C@H](O)CC[C@@H]3CCN(CCSc4ccncc4)C[C@@H]3CC(=O)O)c2c1. The van der Waals surface area contributed by atoms with Gasteiger partial charge in [-0.05, 0) is 79.6 Å². The van der Waals surface area contributed by atoms with Crippen molar-refractivity contribution < 1.29 is 19.7 Å². The Hall–Kier alpha value is -2.68. The number of aliphatic hydroxyl groups is 1. The number of carboxylic acids is 1. The van der Waals surface area contributed by atoms with Gasteiger partial charge in [0, 0.05) is 54.1 Å². The molecule has 7 nitrogen and oxygen atoms in total. The van der Waals surface area contributed by atoms with Gasteiger partial charge in [0.15, 0.2) is 0 Å². The van der Waals surface area contributed by atoms with Gasteiger partial charge in [-0.1, -0.05) is 0 Å².